The van der Waals surface area contributed by atoms with Crippen molar-refractivity contribution >= 4 is 11.7 Å². The molecule has 25 heavy (non-hydrogen) atoms. The first-order valence-electron chi connectivity index (χ1n) is 8.60. The van der Waals surface area contributed by atoms with E-state index in [1.807, 2.05) is 12.1 Å². The van der Waals surface area contributed by atoms with E-state index in [4.69, 9.17) is 9.15 Å². The van der Waals surface area contributed by atoms with Crippen molar-refractivity contribution in [1.82, 2.24) is 20.0 Å². The molecule has 0 radical (unpaired) electrons. The summed E-state index contributed by atoms with van der Waals surface area (Å²) in [6, 6.07) is 3.66. The van der Waals surface area contributed by atoms with Crippen molar-refractivity contribution in [1.29, 1.82) is 0 Å². The molecule has 1 saturated heterocycles. The van der Waals surface area contributed by atoms with Crippen LogP contribution in [0.3, 0.4) is 0 Å². The molecule has 3 heterocycles. The first-order valence-corrected chi connectivity index (χ1v) is 8.60. The molecule has 2 aromatic heterocycles. The highest BCUT2D eigenvalue weighted by atomic mass is 16.5. The third-order valence-electron chi connectivity index (χ3n) is 4.32. The summed E-state index contributed by atoms with van der Waals surface area (Å²) in [4.78, 5) is 14.5. The van der Waals surface area contributed by atoms with Gasteiger partial charge in [-0.2, -0.15) is 5.10 Å². The molecule has 8 heteroatoms. The molecule has 0 aromatic carbocycles. The number of amides is 2. The van der Waals surface area contributed by atoms with E-state index in [0.717, 1.165) is 18.8 Å². The normalized spacial score (nSPS) is 16.0. The number of nitrogens with one attached hydrogen (secondary N) is 2. The second-order valence-corrected chi connectivity index (χ2v) is 6.09. The maximum atomic E-state index is 12.2. The van der Waals surface area contributed by atoms with Gasteiger partial charge in [0, 0.05) is 19.9 Å². The number of nitrogens with zero attached hydrogens (tertiary/aromatic N) is 3. The minimum absolute atomic E-state index is 0.0627. The van der Waals surface area contributed by atoms with Crippen LogP contribution in [0.25, 0.3) is 0 Å². The first kappa shape index (κ1) is 17.5. The number of urea groups is 1. The van der Waals surface area contributed by atoms with Crippen LogP contribution in [0.4, 0.5) is 10.5 Å². The Kier molecular flexibility index (Phi) is 6.08. The fraction of sp³-hybridized carbons (Fsp3) is 0.529. The average Bonchev–Trinajstić information content (AvgIpc) is 3.36. The maximum Gasteiger partial charge on any atom is 0.319 e. The zero-order valence-electron chi connectivity index (χ0n) is 14.5. The van der Waals surface area contributed by atoms with Gasteiger partial charge in [-0.1, -0.05) is 0 Å². The second kappa shape index (κ2) is 8.68. The van der Waals surface area contributed by atoms with Crippen LogP contribution in [0.15, 0.2) is 35.2 Å². The highest BCUT2D eigenvalue weighted by molar-refractivity contribution is 5.88. The number of furan rings is 1. The van der Waals surface area contributed by atoms with Crippen molar-refractivity contribution in [2.24, 2.45) is 0 Å². The highest BCUT2D eigenvalue weighted by Gasteiger charge is 2.25. The molecule has 0 bridgehead atoms. The molecule has 2 N–H and O–H groups in total. The number of rotatable bonds is 8. The molecule has 2 aromatic rings. The summed E-state index contributed by atoms with van der Waals surface area (Å²) >= 11 is 0. The number of ether oxygens (including phenoxy) is 1. The van der Waals surface area contributed by atoms with Gasteiger partial charge in [0.1, 0.15) is 5.76 Å². The number of carbonyl (C=O) groups is 1. The molecule has 1 aliphatic heterocycles. The van der Waals surface area contributed by atoms with Gasteiger partial charge in [-0.3, -0.25) is 9.58 Å². The van der Waals surface area contributed by atoms with Crippen molar-refractivity contribution in [2.45, 2.75) is 25.4 Å². The molecule has 1 atom stereocenters. The Hall–Kier alpha value is -2.32. The Morgan fingerprint density at radius 1 is 1.44 bits per heavy atom. The van der Waals surface area contributed by atoms with E-state index in [1.54, 1.807) is 30.4 Å². The van der Waals surface area contributed by atoms with Crippen LogP contribution in [-0.4, -0.2) is 54.1 Å². The SMILES string of the molecule is COCCn1cc(NC(=O)NC[C@H](c2ccco2)N2CCCC2)cn1. The number of carbonyl (C=O) groups excluding carboxylic acids is 1. The third kappa shape index (κ3) is 4.83. The topological polar surface area (TPSA) is 84.6 Å². The van der Waals surface area contributed by atoms with Crippen LogP contribution in [-0.2, 0) is 11.3 Å². The Morgan fingerprint density at radius 2 is 2.28 bits per heavy atom. The lowest BCUT2D eigenvalue weighted by atomic mass is 10.2. The molecular weight excluding hydrogens is 322 g/mol. The van der Waals surface area contributed by atoms with Gasteiger partial charge in [0.25, 0.3) is 0 Å². The van der Waals surface area contributed by atoms with Crippen molar-refractivity contribution in [3.8, 4) is 0 Å². The summed E-state index contributed by atoms with van der Waals surface area (Å²) in [5.74, 6) is 0.884. The molecule has 0 spiro atoms. The summed E-state index contributed by atoms with van der Waals surface area (Å²) in [6.07, 6.45) is 7.45. The molecule has 0 aliphatic carbocycles. The predicted octanol–water partition coefficient (Wildman–Crippen LogP) is 2.08. The number of hydrogen-bond donors (Lipinski definition) is 2. The van der Waals surface area contributed by atoms with Gasteiger partial charge in [-0.05, 0) is 38.1 Å². The zero-order chi connectivity index (χ0) is 17.5. The summed E-state index contributed by atoms with van der Waals surface area (Å²) in [6.45, 7) is 3.78. The predicted molar refractivity (Wildman–Crippen MR) is 93.4 cm³/mol. The van der Waals surface area contributed by atoms with Gasteiger partial charge in [-0.25, -0.2) is 4.79 Å². The van der Waals surface area contributed by atoms with Crippen LogP contribution in [0.1, 0.15) is 24.6 Å². The molecule has 1 aliphatic rings. The van der Waals surface area contributed by atoms with E-state index in [1.165, 1.54) is 12.8 Å². The molecule has 3 rings (SSSR count). The van der Waals surface area contributed by atoms with E-state index >= 15 is 0 Å². The molecule has 1 fully saturated rings. The van der Waals surface area contributed by atoms with Gasteiger partial charge >= 0.3 is 6.03 Å². The van der Waals surface area contributed by atoms with Gasteiger partial charge < -0.3 is 19.8 Å². The minimum atomic E-state index is -0.248. The summed E-state index contributed by atoms with van der Waals surface area (Å²) < 4.78 is 12.3. The number of likely N-dealkylation sites (tertiary alicyclic amines) is 1. The Balaban J connectivity index is 1.52. The Labute approximate surface area is 147 Å². The first-order chi connectivity index (χ1) is 12.3. The van der Waals surface area contributed by atoms with Gasteiger partial charge in [0.2, 0.25) is 0 Å². The summed E-state index contributed by atoms with van der Waals surface area (Å²) in [5.41, 5.74) is 0.657. The lowest BCUT2D eigenvalue weighted by Crippen LogP contribution is -2.38. The minimum Gasteiger partial charge on any atom is -0.468 e. The van der Waals surface area contributed by atoms with E-state index in [-0.39, 0.29) is 12.1 Å². The van der Waals surface area contributed by atoms with Crippen LogP contribution in [0.5, 0.6) is 0 Å². The number of anilines is 1. The lowest BCUT2D eigenvalue weighted by Gasteiger charge is -2.25. The lowest BCUT2D eigenvalue weighted by molar-refractivity contribution is 0.183. The van der Waals surface area contributed by atoms with E-state index < -0.39 is 0 Å². The molecular formula is C17H25N5O3. The van der Waals surface area contributed by atoms with Gasteiger partial charge in [-0.15, -0.1) is 0 Å². The van der Waals surface area contributed by atoms with Crippen molar-refractivity contribution < 1.29 is 13.9 Å². The van der Waals surface area contributed by atoms with E-state index in [0.29, 0.717) is 25.4 Å². The van der Waals surface area contributed by atoms with Crippen molar-refractivity contribution in [3.05, 3.63) is 36.5 Å². The standard InChI is InChI=1S/C17H25N5O3/c1-24-10-8-22-13-14(11-19-22)20-17(23)18-12-15(16-5-4-9-25-16)21-6-2-3-7-21/h4-5,9,11,13,15H,2-3,6-8,10,12H2,1H3,(H2,18,20,23)/t15-/m1/s1. The molecule has 0 unspecified atom stereocenters. The smallest absolute Gasteiger partial charge is 0.319 e. The number of methoxy groups -OCH3 is 1. The maximum absolute atomic E-state index is 12.2. The average molecular weight is 347 g/mol. The molecule has 8 nitrogen and oxygen atoms in total. The van der Waals surface area contributed by atoms with Crippen LogP contribution < -0.4 is 10.6 Å². The molecule has 2 amide bonds. The van der Waals surface area contributed by atoms with E-state index in [9.17, 15) is 4.79 Å². The van der Waals surface area contributed by atoms with E-state index in [2.05, 4.69) is 20.6 Å². The van der Waals surface area contributed by atoms with Crippen LogP contribution >= 0.6 is 0 Å². The largest absolute Gasteiger partial charge is 0.468 e. The Bertz CT molecular complexity index is 649. The summed E-state index contributed by atoms with van der Waals surface area (Å²) in [7, 11) is 1.64. The highest BCUT2D eigenvalue weighted by Crippen LogP contribution is 2.24. The van der Waals surface area contributed by atoms with Gasteiger partial charge in [0.05, 0.1) is 37.3 Å². The number of hydrogen-bond acceptors (Lipinski definition) is 5. The van der Waals surface area contributed by atoms with Crippen molar-refractivity contribution in [3.63, 3.8) is 0 Å². The molecule has 0 saturated carbocycles. The zero-order valence-corrected chi connectivity index (χ0v) is 14.5. The quantitative estimate of drug-likeness (QED) is 0.764. The van der Waals surface area contributed by atoms with Crippen LogP contribution in [0.2, 0.25) is 0 Å². The summed E-state index contributed by atoms with van der Waals surface area (Å²) in [5, 5.41) is 9.92. The molecule has 136 valence electrons. The van der Waals surface area contributed by atoms with Crippen molar-refractivity contribution in [2.75, 3.05) is 38.7 Å². The van der Waals surface area contributed by atoms with Gasteiger partial charge in [0.15, 0.2) is 0 Å². The number of aromatic nitrogens is 2. The fourth-order valence-electron chi connectivity index (χ4n) is 3.04. The second-order valence-electron chi connectivity index (χ2n) is 6.09. The monoisotopic (exact) mass is 347 g/mol. The van der Waals surface area contributed by atoms with Crippen LogP contribution in [0, 0.1) is 0 Å². The third-order valence-corrected chi connectivity index (χ3v) is 4.32. The Morgan fingerprint density at radius 3 is 3.00 bits per heavy atom. The fourth-order valence-corrected chi connectivity index (χ4v) is 3.04.